The lowest BCUT2D eigenvalue weighted by Crippen LogP contribution is -2.25. The summed E-state index contributed by atoms with van der Waals surface area (Å²) in [7, 11) is 0. The predicted octanol–water partition coefficient (Wildman–Crippen LogP) is 2.76. The van der Waals surface area contributed by atoms with Gasteiger partial charge >= 0.3 is 0 Å². The Labute approximate surface area is 96.5 Å². The maximum Gasteiger partial charge on any atom is 0.225 e. The molecule has 0 amide bonds. The van der Waals surface area contributed by atoms with E-state index >= 15 is 0 Å². The van der Waals surface area contributed by atoms with Crippen LogP contribution in [0.4, 0.5) is 5.95 Å². The number of rotatable bonds is 5. The summed E-state index contributed by atoms with van der Waals surface area (Å²) in [6, 6.07) is 0. The van der Waals surface area contributed by atoms with Crippen molar-refractivity contribution >= 4 is 17.5 Å². The fraction of sp³-hybridized carbons (Fsp3) is 0.636. The first-order chi connectivity index (χ1) is 7.22. The number of alkyl halides is 1. The van der Waals surface area contributed by atoms with Crippen LogP contribution in [0.15, 0.2) is 6.20 Å². The fourth-order valence-electron chi connectivity index (χ4n) is 1.43. The van der Waals surface area contributed by atoms with Crippen molar-refractivity contribution in [3.63, 3.8) is 0 Å². The zero-order valence-electron chi connectivity index (χ0n) is 9.63. The number of anilines is 1. The molecule has 0 aliphatic heterocycles. The maximum absolute atomic E-state index is 5.77. The van der Waals surface area contributed by atoms with Crippen molar-refractivity contribution in [3.8, 4) is 0 Å². The molecule has 0 saturated carbocycles. The van der Waals surface area contributed by atoms with E-state index in [4.69, 9.17) is 11.6 Å². The Kier molecular flexibility index (Phi) is 4.82. The smallest absolute Gasteiger partial charge is 0.225 e. The SMILES string of the molecule is CCCN(CC)c1ncc(CCl)c(C)n1. The van der Waals surface area contributed by atoms with E-state index in [9.17, 15) is 0 Å². The van der Waals surface area contributed by atoms with Gasteiger partial charge < -0.3 is 4.90 Å². The molecule has 0 spiro atoms. The Morgan fingerprint density at radius 2 is 2.13 bits per heavy atom. The molecule has 0 atom stereocenters. The van der Waals surface area contributed by atoms with Gasteiger partial charge in [-0.1, -0.05) is 6.92 Å². The average molecular weight is 228 g/mol. The molecular formula is C11H18ClN3. The summed E-state index contributed by atoms with van der Waals surface area (Å²) in [6.07, 6.45) is 2.93. The van der Waals surface area contributed by atoms with E-state index in [0.29, 0.717) is 5.88 Å². The molecule has 0 aromatic carbocycles. The first kappa shape index (κ1) is 12.2. The van der Waals surface area contributed by atoms with Crippen LogP contribution in [-0.4, -0.2) is 23.1 Å². The summed E-state index contributed by atoms with van der Waals surface area (Å²) < 4.78 is 0. The highest BCUT2D eigenvalue weighted by atomic mass is 35.5. The standard InChI is InChI=1S/C11H18ClN3/c1-4-6-15(5-2)11-13-8-10(7-12)9(3)14-11/h8H,4-7H2,1-3H3. The number of aryl methyl sites for hydroxylation is 1. The van der Waals surface area contributed by atoms with Crippen molar-refractivity contribution in [2.75, 3.05) is 18.0 Å². The van der Waals surface area contributed by atoms with E-state index in [1.165, 1.54) is 0 Å². The minimum absolute atomic E-state index is 0.478. The highest BCUT2D eigenvalue weighted by Gasteiger charge is 2.08. The molecule has 0 aliphatic carbocycles. The highest BCUT2D eigenvalue weighted by molar-refractivity contribution is 6.17. The van der Waals surface area contributed by atoms with Gasteiger partial charge in [0.1, 0.15) is 0 Å². The molecule has 0 aliphatic rings. The molecule has 0 N–H and O–H groups in total. The van der Waals surface area contributed by atoms with Crippen LogP contribution in [0.2, 0.25) is 0 Å². The molecular weight excluding hydrogens is 210 g/mol. The first-order valence-corrected chi connectivity index (χ1v) is 5.89. The quantitative estimate of drug-likeness (QED) is 0.725. The van der Waals surface area contributed by atoms with Crippen molar-refractivity contribution < 1.29 is 0 Å². The van der Waals surface area contributed by atoms with Gasteiger partial charge in [-0.3, -0.25) is 0 Å². The summed E-state index contributed by atoms with van der Waals surface area (Å²) in [5.74, 6) is 1.29. The Hall–Kier alpha value is -0.830. The topological polar surface area (TPSA) is 29.0 Å². The van der Waals surface area contributed by atoms with Crippen LogP contribution in [0, 0.1) is 6.92 Å². The molecule has 1 rings (SSSR count). The van der Waals surface area contributed by atoms with Gasteiger partial charge in [0.2, 0.25) is 5.95 Å². The molecule has 4 heteroatoms. The molecule has 3 nitrogen and oxygen atoms in total. The van der Waals surface area contributed by atoms with Gasteiger partial charge in [-0.05, 0) is 20.3 Å². The van der Waals surface area contributed by atoms with Crippen LogP contribution in [0.5, 0.6) is 0 Å². The summed E-state index contributed by atoms with van der Waals surface area (Å²) in [6.45, 7) is 8.18. The summed E-state index contributed by atoms with van der Waals surface area (Å²) in [5.41, 5.74) is 1.98. The van der Waals surface area contributed by atoms with Crippen LogP contribution in [0.3, 0.4) is 0 Å². The van der Waals surface area contributed by atoms with E-state index in [1.807, 2.05) is 13.1 Å². The fourth-order valence-corrected chi connectivity index (χ4v) is 1.70. The van der Waals surface area contributed by atoms with Gasteiger partial charge in [0, 0.05) is 30.5 Å². The molecule has 84 valence electrons. The van der Waals surface area contributed by atoms with Gasteiger partial charge in [-0.25, -0.2) is 9.97 Å². The number of halogens is 1. The lowest BCUT2D eigenvalue weighted by molar-refractivity contribution is 0.757. The summed E-state index contributed by atoms with van der Waals surface area (Å²) in [5, 5.41) is 0. The van der Waals surface area contributed by atoms with Crippen molar-refractivity contribution in [2.45, 2.75) is 33.1 Å². The number of nitrogens with zero attached hydrogens (tertiary/aromatic N) is 3. The van der Waals surface area contributed by atoms with Crippen LogP contribution >= 0.6 is 11.6 Å². The van der Waals surface area contributed by atoms with E-state index in [0.717, 1.165) is 36.7 Å². The first-order valence-electron chi connectivity index (χ1n) is 5.36. The van der Waals surface area contributed by atoms with Crippen LogP contribution in [-0.2, 0) is 5.88 Å². The Balaban J connectivity index is 2.89. The van der Waals surface area contributed by atoms with Gasteiger partial charge in [-0.2, -0.15) is 0 Å². The third-order valence-electron chi connectivity index (χ3n) is 2.37. The molecule has 1 aromatic heterocycles. The summed E-state index contributed by atoms with van der Waals surface area (Å²) in [4.78, 5) is 11.0. The van der Waals surface area contributed by atoms with Crippen molar-refractivity contribution in [1.29, 1.82) is 0 Å². The van der Waals surface area contributed by atoms with E-state index in [-0.39, 0.29) is 0 Å². The predicted molar refractivity (Wildman–Crippen MR) is 64.5 cm³/mol. The second-order valence-electron chi connectivity index (χ2n) is 3.49. The van der Waals surface area contributed by atoms with Crippen LogP contribution in [0.1, 0.15) is 31.5 Å². The van der Waals surface area contributed by atoms with Crippen LogP contribution < -0.4 is 4.90 Å². The van der Waals surface area contributed by atoms with Gasteiger partial charge in [0.15, 0.2) is 0 Å². The molecule has 0 radical (unpaired) electrons. The Morgan fingerprint density at radius 1 is 1.40 bits per heavy atom. The Bertz CT molecular complexity index is 315. The highest BCUT2D eigenvalue weighted by Crippen LogP contribution is 2.12. The lowest BCUT2D eigenvalue weighted by atomic mass is 10.3. The third kappa shape index (κ3) is 3.06. The zero-order valence-corrected chi connectivity index (χ0v) is 10.4. The normalized spacial score (nSPS) is 10.4. The second kappa shape index (κ2) is 5.91. The second-order valence-corrected chi connectivity index (χ2v) is 3.76. The largest absolute Gasteiger partial charge is 0.341 e. The van der Waals surface area contributed by atoms with Gasteiger partial charge in [0.25, 0.3) is 0 Å². The monoisotopic (exact) mass is 227 g/mol. The van der Waals surface area contributed by atoms with Crippen molar-refractivity contribution in [3.05, 3.63) is 17.5 Å². The van der Waals surface area contributed by atoms with E-state index < -0.39 is 0 Å². The third-order valence-corrected chi connectivity index (χ3v) is 2.66. The minimum atomic E-state index is 0.478. The lowest BCUT2D eigenvalue weighted by Gasteiger charge is -2.20. The Morgan fingerprint density at radius 3 is 2.60 bits per heavy atom. The molecule has 0 bridgehead atoms. The molecule has 1 aromatic rings. The minimum Gasteiger partial charge on any atom is -0.341 e. The number of aromatic nitrogens is 2. The molecule has 1 heterocycles. The summed E-state index contributed by atoms with van der Waals surface area (Å²) >= 11 is 5.77. The van der Waals surface area contributed by atoms with Gasteiger partial charge in [-0.15, -0.1) is 11.6 Å². The van der Waals surface area contributed by atoms with Gasteiger partial charge in [0.05, 0.1) is 5.88 Å². The molecule has 0 fully saturated rings. The average Bonchev–Trinajstić information content (AvgIpc) is 2.25. The zero-order chi connectivity index (χ0) is 11.3. The maximum atomic E-state index is 5.77. The van der Waals surface area contributed by atoms with Crippen molar-refractivity contribution in [1.82, 2.24) is 9.97 Å². The molecule has 15 heavy (non-hydrogen) atoms. The number of hydrogen-bond acceptors (Lipinski definition) is 3. The van der Waals surface area contributed by atoms with E-state index in [2.05, 4.69) is 28.7 Å². The molecule has 0 saturated heterocycles. The van der Waals surface area contributed by atoms with Crippen molar-refractivity contribution in [2.24, 2.45) is 0 Å². The number of hydrogen-bond donors (Lipinski definition) is 0. The van der Waals surface area contributed by atoms with E-state index in [1.54, 1.807) is 0 Å². The van der Waals surface area contributed by atoms with Crippen LogP contribution in [0.25, 0.3) is 0 Å². The molecule has 0 unspecified atom stereocenters.